The molecule has 0 aliphatic carbocycles. The molecule has 1 saturated heterocycles. The van der Waals surface area contributed by atoms with Gasteiger partial charge in [0.2, 0.25) is 11.9 Å². The highest BCUT2D eigenvalue weighted by atomic mass is 16.5. The Bertz CT molecular complexity index is 714. The van der Waals surface area contributed by atoms with E-state index in [2.05, 4.69) is 20.4 Å². The third kappa shape index (κ3) is 4.14. The first kappa shape index (κ1) is 17.3. The quantitative estimate of drug-likeness (QED) is 0.825. The van der Waals surface area contributed by atoms with Crippen LogP contribution < -0.4 is 10.2 Å². The molecule has 0 aromatic carbocycles. The van der Waals surface area contributed by atoms with E-state index in [9.17, 15) is 9.90 Å². The Kier molecular flexibility index (Phi) is 4.98. The Balaban J connectivity index is 1.57. The molecule has 1 amide bonds. The number of carbonyl (C=O) groups excluding carboxylic acids is 1. The van der Waals surface area contributed by atoms with E-state index in [4.69, 9.17) is 4.52 Å². The van der Waals surface area contributed by atoms with E-state index < -0.39 is 5.60 Å². The number of nitrogens with one attached hydrogen (secondary N) is 1. The van der Waals surface area contributed by atoms with Crippen LogP contribution in [-0.4, -0.2) is 51.4 Å². The molecule has 8 nitrogen and oxygen atoms in total. The van der Waals surface area contributed by atoms with Gasteiger partial charge in [0.15, 0.2) is 0 Å². The van der Waals surface area contributed by atoms with Crippen LogP contribution in [0.2, 0.25) is 0 Å². The smallest absolute Gasteiger partial charge is 0.225 e. The molecule has 8 heteroatoms. The van der Waals surface area contributed by atoms with Gasteiger partial charge in [-0.15, -0.1) is 0 Å². The molecule has 1 aliphatic heterocycles. The van der Waals surface area contributed by atoms with Crippen LogP contribution in [0, 0.1) is 13.8 Å². The molecule has 1 aliphatic rings. The molecule has 1 fully saturated rings. The van der Waals surface area contributed by atoms with E-state index in [1.165, 1.54) is 0 Å². The third-order valence-electron chi connectivity index (χ3n) is 4.52. The summed E-state index contributed by atoms with van der Waals surface area (Å²) in [6.07, 6.45) is 5.00. The number of nitrogens with zero attached hydrogens (tertiary/aromatic N) is 4. The SMILES string of the molecule is Cc1noc(C)c1CC(=O)NCC1(O)CCCN(c2ncccn2)C1. The van der Waals surface area contributed by atoms with Crippen LogP contribution in [0.1, 0.15) is 29.9 Å². The number of aryl methyl sites for hydroxylation is 2. The number of hydrogen-bond acceptors (Lipinski definition) is 7. The first-order valence-electron chi connectivity index (χ1n) is 8.40. The normalized spacial score (nSPS) is 20.5. The van der Waals surface area contributed by atoms with E-state index in [1.54, 1.807) is 25.4 Å². The minimum Gasteiger partial charge on any atom is -0.386 e. The summed E-state index contributed by atoms with van der Waals surface area (Å²) in [7, 11) is 0. The van der Waals surface area contributed by atoms with E-state index in [-0.39, 0.29) is 18.9 Å². The lowest BCUT2D eigenvalue weighted by Crippen LogP contribution is -2.54. The van der Waals surface area contributed by atoms with Crippen LogP contribution in [0.25, 0.3) is 0 Å². The van der Waals surface area contributed by atoms with Gasteiger partial charge in [-0.2, -0.15) is 0 Å². The van der Waals surface area contributed by atoms with Gasteiger partial charge in [0.1, 0.15) is 5.76 Å². The predicted octanol–water partition coefficient (Wildman–Crippen LogP) is 0.772. The third-order valence-corrected chi connectivity index (χ3v) is 4.52. The van der Waals surface area contributed by atoms with Crippen molar-refractivity contribution in [2.45, 2.75) is 38.7 Å². The number of aromatic nitrogens is 3. The van der Waals surface area contributed by atoms with E-state index >= 15 is 0 Å². The van der Waals surface area contributed by atoms with Crippen molar-refractivity contribution in [3.05, 3.63) is 35.5 Å². The van der Waals surface area contributed by atoms with Crippen LogP contribution in [0.4, 0.5) is 5.95 Å². The lowest BCUT2D eigenvalue weighted by Gasteiger charge is -2.39. The van der Waals surface area contributed by atoms with Crippen molar-refractivity contribution in [3.8, 4) is 0 Å². The van der Waals surface area contributed by atoms with E-state index in [0.29, 0.717) is 24.7 Å². The summed E-state index contributed by atoms with van der Waals surface area (Å²) >= 11 is 0. The molecular formula is C17H23N5O3. The highest BCUT2D eigenvalue weighted by molar-refractivity contribution is 5.79. The number of rotatable bonds is 5. The number of hydrogen-bond donors (Lipinski definition) is 2. The Hall–Kier alpha value is -2.48. The number of carbonyl (C=O) groups is 1. The van der Waals surface area contributed by atoms with Gasteiger partial charge >= 0.3 is 0 Å². The van der Waals surface area contributed by atoms with Gasteiger partial charge in [0.25, 0.3) is 0 Å². The first-order valence-corrected chi connectivity index (χ1v) is 8.40. The van der Waals surface area contributed by atoms with Gasteiger partial charge in [-0.1, -0.05) is 5.16 Å². The van der Waals surface area contributed by atoms with Crippen LogP contribution in [0.3, 0.4) is 0 Å². The maximum absolute atomic E-state index is 12.2. The van der Waals surface area contributed by atoms with Crippen molar-refractivity contribution >= 4 is 11.9 Å². The fraction of sp³-hybridized carbons (Fsp3) is 0.529. The number of amides is 1. The fourth-order valence-corrected chi connectivity index (χ4v) is 3.12. The number of aliphatic hydroxyl groups is 1. The summed E-state index contributed by atoms with van der Waals surface area (Å²) in [6.45, 7) is 4.97. The van der Waals surface area contributed by atoms with E-state index in [1.807, 2.05) is 11.8 Å². The molecule has 3 rings (SSSR count). The Labute approximate surface area is 146 Å². The molecular weight excluding hydrogens is 322 g/mol. The Morgan fingerprint density at radius 1 is 1.40 bits per heavy atom. The molecule has 2 aromatic heterocycles. The van der Waals surface area contributed by atoms with Crippen LogP contribution in [-0.2, 0) is 11.2 Å². The highest BCUT2D eigenvalue weighted by Crippen LogP contribution is 2.23. The first-order chi connectivity index (χ1) is 12.0. The second-order valence-electron chi connectivity index (χ2n) is 6.55. The van der Waals surface area contributed by atoms with Crippen molar-refractivity contribution < 1.29 is 14.4 Å². The zero-order chi connectivity index (χ0) is 17.9. The molecule has 0 radical (unpaired) electrons. The molecule has 0 saturated carbocycles. The maximum atomic E-state index is 12.2. The Morgan fingerprint density at radius 2 is 2.16 bits per heavy atom. The van der Waals surface area contributed by atoms with Gasteiger partial charge in [-0.05, 0) is 32.8 Å². The summed E-state index contributed by atoms with van der Waals surface area (Å²) in [6, 6.07) is 1.76. The van der Waals surface area contributed by atoms with Crippen LogP contribution in [0.15, 0.2) is 23.0 Å². The number of anilines is 1. The molecule has 134 valence electrons. The molecule has 2 N–H and O–H groups in total. The zero-order valence-electron chi connectivity index (χ0n) is 14.5. The molecule has 0 spiro atoms. The molecule has 0 bridgehead atoms. The summed E-state index contributed by atoms with van der Waals surface area (Å²) in [5.41, 5.74) is 0.523. The average molecular weight is 345 g/mol. The minimum atomic E-state index is -0.994. The second-order valence-corrected chi connectivity index (χ2v) is 6.55. The van der Waals surface area contributed by atoms with Crippen molar-refractivity contribution in [1.29, 1.82) is 0 Å². The predicted molar refractivity (Wildman–Crippen MR) is 91.1 cm³/mol. The van der Waals surface area contributed by atoms with Crippen molar-refractivity contribution in [2.75, 3.05) is 24.5 Å². The summed E-state index contributed by atoms with van der Waals surface area (Å²) < 4.78 is 5.07. The fourth-order valence-electron chi connectivity index (χ4n) is 3.12. The summed E-state index contributed by atoms with van der Waals surface area (Å²) in [5.74, 6) is 1.09. The molecule has 2 aromatic rings. The summed E-state index contributed by atoms with van der Waals surface area (Å²) in [5, 5.41) is 17.5. The van der Waals surface area contributed by atoms with Gasteiger partial charge < -0.3 is 19.8 Å². The lowest BCUT2D eigenvalue weighted by atomic mass is 9.93. The van der Waals surface area contributed by atoms with Gasteiger partial charge in [-0.3, -0.25) is 4.79 Å². The standard InChI is InChI=1S/C17H23N5O3/c1-12-14(13(2)25-21-12)9-15(23)20-10-17(24)5-3-8-22(11-17)16-18-6-4-7-19-16/h4,6-7,24H,3,5,8-11H2,1-2H3,(H,20,23). The second kappa shape index (κ2) is 7.18. The van der Waals surface area contributed by atoms with Gasteiger partial charge in [0.05, 0.1) is 24.3 Å². The molecule has 3 heterocycles. The zero-order valence-corrected chi connectivity index (χ0v) is 14.5. The maximum Gasteiger partial charge on any atom is 0.225 e. The lowest BCUT2D eigenvalue weighted by molar-refractivity contribution is -0.121. The number of piperidine rings is 1. The molecule has 1 unspecified atom stereocenters. The van der Waals surface area contributed by atoms with Gasteiger partial charge in [-0.25, -0.2) is 9.97 Å². The largest absolute Gasteiger partial charge is 0.386 e. The van der Waals surface area contributed by atoms with Crippen molar-refractivity contribution in [1.82, 2.24) is 20.4 Å². The average Bonchev–Trinajstić information content (AvgIpc) is 2.93. The van der Waals surface area contributed by atoms with E-state index in [0.717, 1.165) is 24.2 Å². The van der Waals surface area contributed by atoms with Crippen LogP contribution in [0.5, 0.6) is 0 Å². The molecule has 1 atom stereocenters. The number of β-amino-alcohol motifs (C(OH)–C–C–N with tert-alkyl or cyclic N) is 1. The van der Waals surface area contributed by atoms with Crippen molar-refractivity contribution in [2.24, 2.45) is 0 Å². The molecule has 25 heavy (non-hydrogen) atoms. The minimum absolute atomic E-state index is 0.157. The summed E-state index contributed by atoms with van der Waals surface area (Å²) in [4.78, 5) is 22.6. The van der Waals surface area contributed by atoms with Crippen molar-refractivity contribution in [3.63, 3.8) is 0 Å². The van der Waals surface area contributed by atoms with Gasteiger partial charge in [0, 0.05) is 31.0 Å². The monoisotopic (exact) mass is 345 g/mol. The Morgan fingerprint density at radius 3 is 2.84 bits per heavy atom. The highest BCUT2D eigenvalue weighted by Gasteiger charge is 2.34. The topological polar surface area (TPSA) is 104 Å². The van der Waals surface area contributed by atoms with Crippen LogP contribution >= 0.6 is 0 Å².